The second-order valence-corrected chi connectivity index (χ2v) is 5.81. The number of rotatable bonds is 2. The number of amides is 1. The molecule has 0 bridgehead atoms. The highest BCUT2D eigenvalue weighted by molar-refractivity contribution is 5.94. The third-order valence-corrected chi connectivity index (χ3v) is 4.41. The molecule has 1 aromatic heterocycles. The quantitative estimate of drug-likeness (QED) is 0.911. The van der Waals surface area contributed by atoms with Gasteiger partial charge in [-0.15, -0.1) is 0 Å². The van der Waals surface area contributed by atoms with E-state index in [1.807, 2.05) is 4.90 Å². The number of nitrogens with zero attached hydrogens (tertiary/aromatic N) is 3. The van der Waals surface area contributed by atoms with E-state index >= 15 is 0 Å². The molecule has 1 aliphatic rings. The highest BCUT2D eigenvalue weighted by atomic mass is 19.4. The lowest BCUT2D eigenvalue weighted by molar-refractivity contribution is -0.136. The van der Waals surface area contributed by atoms with Crippen LogP contribution in [0.5, 0.6) is 0 Å². The predicted molar refractivity (Wildman–Crippen MR) is 83.2 cm³/mol. The van der Waals surface area contributed by atoms with Gasteiger partial charge in [-0.25, -0.2) is 4.79 Å². The average molecular weight is 339 g/mol. The number of anilines is 1. The summed E-state index contributed by atoms with van der Waals surface area (Å²) in [5.41, 5.74) is -0.250. The fourth-order valence-electron chi connectivity index (χ4n) is 3.12. The molecule has 2 aromatic rings. The van der Waals surface area contributed by atoms with Crippen molar-refractivity contribution in [1.82, 2.24) is 9.88 Å². The van der Waals surface area contributed by atoms with Crippen molar-refractivity contribution in [3.63, 3.8) is 0 Å². The zero-order valence-electron chi connectivity index (χ0n) is 12.9. The second-order valence-electron chi connectivity index (χ2n) is 5.81. The molecule has 1 atom stereocenters. The number of carbonyl (C=O) groups is 1. The van der Waals surface area contributed by atoms with E-state index in [-0.39, 0.29) is 11.6 Å². The molecule has 3 rings (SSSR count). The molecule has 0 radical (unpaired) electrons. The summed E-state index contributed by atoms with van der Waals surface area (Å²) < 4.78 is 39.5. The number of carboxylic acid groups (broad SMARTS) is 1. The molecule has 1 amide bonds. The lowest BCUT2D eigenvalue weighted by atomic mass is 10.1. The fourth-order valence-corrected chi connectivity index (χ4v) is 3.12. The van der Waals surface area contributed by atoms with Gasteiger partial charge in [0.25, 0.3) is 0 Å². The first-order chi connectivity index (χ1) is 11.3. The van der Waals surface area contributed by atoms with Crippen LogP contribution in [0.2, 0.25) is 0 Å². The van der Waals surface area contributed by atoms with Crippen molar-refractivity contribution in [3.05, 3.63) is 36.0 Å². The minimum Gasteiger partial charge on any atom is -0.465 e. The van der Waals surface area contributed by atoms with Crippen LogP contribution in [0.4, 0.5) is 23.7 Å². The summed E-state index contributed by atoms with van der Waals surface area (Å²) in [4.78, 5) is 18.1. The number of hydrogen-bond donors (Lipinski definition) is 1. The Morgan fingerprint density at radius 3 is 2.75 bits per heavy atom. The van der Waals surface area contributed by atoms with Crippen LogP contribution in [0.25, 0.3) is 10.9 Å². The van der Waals surface area contributed by atoms with Gasteiger partial charge in [0.2, 0.25) is 0 Å². The molecule has 1 aromatic carbocycles. The molecule has 8 heteroatoms. The lowest BCUT2D eigenvalue weighted by Gasteiger charge is -2.28. The largest absolute Gasteiger partial charge is 0.465 e. The maximum Gasteiger partial charge on any atom is 0.418 e. The summed E-state index contributed by atoms with van der Waals surface area (Å²) >= 11 is 0. The smallest absolute Gasteiger partial charge is 0.418 e. The molecule has 24 heavy (non-hydrogen) atoms. The Morgan fingerprint density at radius 1 is 1.38 bits per heavy atom. The van der Waals surface area contributed by atoms with Crippen molar-refractivity contribution in [2.45, 2.75) is 18.6 Å². The average Bonchev–Trinajstić information content (AvgIpc) is 3.02. The molecule has 0 spiro atoms. The number of likely N-dealkylation sites (tertiary alicyclic amines) is 1. The number of alkyl halides is 3. The molecule has 1 unspecified atom stereocenters. The molecule has 0 aliphatic carbocycles. The van der Waals surface area contributed by atoms with Gasteiger partial charge in [-0.1, -0.05) is 0 Å². The minimum atomic E-state index is -4.48. The van der Waals surface area contributed by atoms with Crippen LogP contribution in [0.15, 0.2) is 30.5 Å². The van der Waals surface area contributed by atoms with Crippen LogP contribution >= 0.6 is 0 Å². The van der Waals surface area contributed by atoms with Crippen LogP contribution in [0, 0.1) is 0 Å². The van der Waals surface area contributed by atoms with Gasteiger partial charge in [-0.2, -0.15) is 13.2 Å². The van der Waals surface area contributed by atoms with Gasteiger partial charge in [-0.3, -0.25) is 4.98 Å². The second kappa shape index (κ2) is 5.85. The molecule has 1 saturated heterocycles. The fraction of sp³-hybridized carbons (Fsp3) is 0.375. The van der Waals surface area contributed by atoms with Gasteiger partial charge in [0.15, 0.2) is 0 Å². The third kappa shape index (κ3) is 2.83. The van der Waals surface area contributed by atoms with Crippen molar-refractivity contribution in [3.8, 4) is 0 Å². The molecule has 0 saturated carbocycles. The Balaban J connectivity index is 2.00. The van der Waals surface area contributed by atoms with Crippen molar-refractivity contribution < 1.29 is 23.1 Å². The predicted octanol–water partition coefficient (Wildman–Crippen LogP) is 3.44. The highest BCUT2D eigenvalue weighted by Gasteiger charge is 2.35. The topological polar surface area (TPSA) is 56.7 Å². The lowest BCUT2D eigenvalue weighted by Crippen LogP contribution is -2.36. The van der Waals surface area contributed by atoms with Crippen LogP contribution in [-0.4, -0.2) is 47.3 Å². The molecule has 2 heterocycles. The van der Waals surface area contributed by atoms with E-state index in [1.54, 1.807) is 19.2 Å². The van der Waals surface area contributed by atoms with Gasteiger partial charge in [0.1, 0.15) is 0 Å². The van der Waals surface area contributed by atoms with E-state index in [1.165, 1.54) is 17.2 Å². The Morgan fingerprint density at radius 2 is 2.12 bits per heavy atom. The first-order valence-electron chi connectivity index (χ1n) is 7.44. The summed E-state index contributed by atoms with van der Waals surface area (Å²) in [6.07, 6.45) is -3.49. The van der Waals surface area contributed by atoms with Crippen molar-refractivity contribution in [1.29, 1.82) is 0 Å². The summed E-state index contributed by atoms with van der Waals surface area (Å²) in [5, 5.41) is 9.46. The minimum absolute atomic E-state index is 0.0822. The summed E-state index contributed by atoms with van der Waals surface area (Å²) in [7, 11) is 1.77. The molecular formula is C16H16F3N3O2. The van der Waals surface area contributed by atoms with E-state index in [0.29, 0.717) is 30.6 Å². The van der Waals surface area contributed by atoms with Crippen LogP contribution in [0.1, 0.15) is 12.0 Å². The number of likely N-dealkylation sites (N-methyl/N-ethyl adjacent to an activating group) is 1. The SMILES string of the molecule is CN(c1ccc(C(F)(F)F)c2ncccc12)C1CCN(C(=O)O)C1. The van der Waals surface area contributed by atoms with Crippen LogP contribution in [0.3, 0.4) is 0 Å². The summed E-state index contributed by atoms with van der Waals surface area (Å²) in [5.74, 6) is 0. The number of halogens is 3. The summed E-state index contributed by atoms with van der Waals surface area (Å²) in [6.45, 7) is 0.746. The molecular weight excluding hydrogens is 323 g/mol. The zero-order chi connectivity index (χ0) is 17.5. The number of benzene rings is 1. The van der Waals surface area contributed by atoms with Crippen molar-refractivity contribution in [2.75, 3.05) is 25.0 Å². The van der Waals surface area contributed by atoms with E-state index in [0.717, 1.165) is 6.07 Å². The van der Waals surface area contributed by atoms with Gasteiger partial charge in [0, 0.05) is 43.4 Å². The third-order valence-electron chi connectivity index (χ3n) is 4.41. The number of pyridine rings is 1. The van der Waals surface area contributed by atoms with Gasteiger partial charge >= 0.3 is 12.3 Å². The summed E-state index contributed by atoms with van der Waals surface area (Å²) in [6, 6.07) is 5.58. The molecule has 1 fully saturated rings. The zero-order valence-corrected chi connectivity index (χ0v) is 12.9. The number of aromatic nitrogens is 1. The normalized spacial score (nSPS) is 18.2. The van der Waals surface area contributed by atoms with Gasteiger partial charge in [-0.05, 0) is 30.7 Å². The molecule has 1 aliphatic heterocycles. The van der Waals surface area contributed by atoms with Gasteiger partial charge < -0.3 is 14.9 Å². The molecule has 128 valence electrons. The van der Waals surface area contributed by atoms with Gasteiger partial charge in [0.05, 0.1) is 11.1 Å². The number of hydrogen-bond acceptors (Lipinski definition) is 3. The maximum absolute atomic E-state index is 13.2. The molecule has 5 nitrogen and oxygen atoms in total. The monoisotopic (exact) mass is 339 g/mol. The Hall–Kier alpha value is -2.51. The van der Waals surface area contributed by atoms with E-state index in [4.69, 9.17) is 5.11 Å². The standard InChI is InChI=1S/C16H16F3N3O2/c1-21(10-6-8-22(9-10)15(23)24)13-5-4-12(16(17,18)19)14-11(13)3-2-7-20-14/h2-5,7,10H,6,8-9H2,1H3,(H,23,24). The van der Waals surface area contributed by atoms with Crippen LogP contribution < -0.4 is 4.90 Å². The van der Waals surface area contributed by atoms with Crippen molar-refractivity contribution >= 4 is 22.7 Å². The number of fused-ring (bicyclic) bond motifs is 1. The van der Waals surface area contributed by atoms with Crippen LogP contribution in [-0.2, 0) is 6.18 Å². The van der Waals surface area contributed by atoms with E-state index in [9.17, 15) is 18.0 Å². The maximum atomic E-state index is 13.2. The first kappa shape index (κ1) is 16.4. The van der Waals surface area contributed by atoms with E-state index < -0.39 is 17.8 Å². The Kier molecular flexibility index (Phi) is 3.98. The Labute approximate surface area is 136 Å². The van der Waals surface area contributed by atoms with E-state index in [2.05, 4.69) is 4.98 Å². The first-order valence-corrected chi connectivity index (χ1v) is 7.44. The van der Waals surface area contributed by atoms with Crippen molar-refractivity contribution in [2.24, 2.45) is 0 Å². The highest BCUT2D eigenvalue weighted by Crippen LogP contribution is 2.38. The Bertz CT molecular complexity index is 779. The molecule has 1 N–H and O–H groups in total.